The summed E-state index contributed by atoms with van der Waals surface area (Å²) in [6.45, 7) is 4.46. The Morgan fingerprint density at radius 3 is 2.42 bits per heavy atom. The van der Waals surface area contributed by atoms with Gasteiger partial charge < -0.3 is 9.88 Å². The van der Waals surface area contributed by atoms with Crippen LogP contribution in [0.25, 0.3) is 10.9 Å². The van der Waals surface area contributed by atoms with Crippen LogP contribution in [0.3, 0.4) is 0 Å². The molecule has 5 nitrogen and oxygen atoms in total. The number of aryl methyl sites for hydroxylation is 1. The molecule has 0 spiro atoms. The molecule has 0 bridgehead atoms. The summed E-state index contributed by atoms with van der Waals surface area (Å²) in [6.07, 6.45) is 7.72. The number of rotatable bonds is 4. The first-order chi connectivity index (χ1) is 16.0. The Balaban J connectivity index is 1.58. The van der Waals surface area contributed by atoms with E-state index in [1.165, 1.54) is 18.4 Å². The van der Waals surface area contributed by atoms with Crippen LogP contribution in [0.1, 0.15) is 68.4 Å². The van der Waals surface area contributed by atoms with E-state index in [1.807, 2.05) is 54.0 Å². The minimum absolute atomic E-state index is 0.0641. The molecule has 2 aromatic carbocycles. The number of carbonyl (C=O) groups is 2. The third-order valence-corrected chi connectivity index (χ3v) is 7.47. The highest BCUT2D eigenvalue weighted by Crippen LogP contribution is 2.36. The van der Waals surface area contributed by atoms with Gasteiger partial charge in [0.05, 0.1) is 6.54 Å². The quantitative estimate of drug-likeness (QED) is 0.544. The van der Waals surface area contributed by atoms with Crippen LogP contribution < -0.4 is 10.2 Å². The Morgan fingerprint density at radius 1 is 1.03 bits per heavy atom. The number of nitrogens with zero attached hydrogens (tertiary/aromatic N) is 2. The average molecular weight is 444 g/mol. The predicted octanol–water partition coefficient (Wildman–Crippen LogP) is 5.46. The smallest absolute Gasteiger partial charge is 0.275 e. The Bertz CT molecular complexity index is 1170. The Kier molecular flexibility index (Phi) is 5.73. The summed E-state index contributed by atoms with van der Waals surface area (Å²) < 4.78 is 2.03. The molecular weight excluding hydrogens is 410 g/mol. The summed E-state index contributed by atoms with van der Waals surface area (Å²) in [6, 6.07) is 18.2. The maximum Gasteiger partial charge on any atom is 0.275 e. The number of aromatic nitrogens is 1. The predicted molar refractivity (Wildman–Crippen MR) is 133 cm³/mol. The zero-order valence-corrected chi connectivity index (χ0v) is 19.6. The molecular formula is C28H33N3O2. The molecule has 1 N–H and O–H groups in total. The summed E-state index contributed by atoms with van der Waals surface area (Å²) in [5.41, 5.74) is 2.59. The van der Waals surface area contributed by atoms with Gasteiger partial charge in [-0.3, -0.25) is 14.5 Å². The van der Waals surface area contributed by atoms with Gasteiger partial charge in [-0.05, 0) is 56.0 Å². The van der Waals surface area contributed by atoms with Crippen molar-refractivity contribution < 1.29 is 9.59 Å². The number of para-hydroxylation sites is 1. The molecule has 2 heterocycles. The lowest BCUT2D eigenvalue weighted by Gasteiger charge is -2.44. The highest BCUT2D eigenvalue weighted by molar-refractivity contribution is 6.14. The molecule has 0 saturated heterocycles. The summed E-state index contributed by atoms with van der Waals surface area (Å²) in [7, 11) is 0. The third-order valence-electron chi connectivity index (χ3n) is 7.47. The lowest BCUT2D eigenvalue weighted by molar-refractivity contribution is -0.127. The molecule has 33 heavy (non-hydrogen) atoms. The lowest BCUT2D eigenvalue weighted by Crippen LogP contribution is -2.65. The summed E-state index contributed by atoms with van der Waals surface area (Å²) in [5.74, 6) is -0.189. The molecule has 1 saturated carbocycles. The van der Waals surface area contributed by atoms with Gasteiger partial charge in [0.1, 0.15) is 11.2 Å². The van der Waals surface area contributed by atoms with Gasteiger partial charge in [0.15, 0.2) is 0 Å². The number of amides is 2. The van der Waals surface area contributed by atoms with Gasteiger partial charge in [0.25, 0.3) is 5.91 Å². The first-order valence-electron chi connectivity index (χ1n) is 12.3. The zero-order chi connectivity index (χ0) is 23.0. The van der Waals surface area contributed by atoms with Crippen LogP contribution >= 0.6 is 0 Å². The van der Waals surface area contributed by atoms with Crippen molar-refractivity contribution in [2.24, 2.45) is 0 Å². The van der Waals surface area contributed by atoms with Gasteiger partial charge >= 0.3 is 0 Å². The standard InChI is InChI=1S/C28H33N3O2/c1-3-20-14-16-23(17-15-20)31-26(32)25-18-21-10-8-9-13-24(21)30(25)19-28(31,2)27(33)29-22-11-6-4-5-7-12-22/h8-10,13-18,22H,3-7,11-12,19H2,1-2H3,(H,29,33)/t28-/m0/s1. The number of benzene rings is 2. The third kappa shape index (κ3) is 3.84. The topological polar surface area (TPSA) is 54.3 Å². The van der Waals surface area contributed by atoms with E-state index in [-0.39, 0.29) is 17.9 Å². The van der Waals surface area contributed by atoms with E-state index in [2.05, 4.69) is 24.4 Å². The van der Waals surface area contributed by atoms with Crippen molar-refractivity contribution in [1.29, 1.82) is 0 Å². The second-order valence-corrected chi connectivity index (χ2v) is 9.77. The lowest BCUT2D eigenvalue weighted by atomic mass is 9.92. The van der Waals surface area contributed by atoms with Gasteiger partial charge in [-0.2, -0.15) is 0 Å². The second kappa shape index (κ2) is 8.69. The second-order valence-electron chi connectivity index (χ2n) is 9.77. The van der Waals surface area contributed by atoms with Crippen molar-refractivity contribution in [2.75, 3.05) is 4.90 Å². The first-order valence-corrected chi connectivity index (χ1v) is 12.3. The van der Waals surface area contributed by atoms with Crippen LogP contribution in [0, 0.1) is 0 Å². The number of fused-ring (bicyclic) bond motifs is 3. The van der Waals surface area contributed by atoms with E-state index >= 15 is 0 Å². The van der Waals surface area contributed by atoms with E-state index in [0.717, 1.165) is 48.7 Å². The van der Waals surface area contributed by atoms with E-state index < -0.39 is 5.54 Å². The van der Waals surface area contributed by atoms with Crippen LogP contribution in [-0.2, 0) is 17.8 Å². The Labute approximate surface area is 195 Å². The minimum Gasteiger partial charge on any atom is -0.351 e. The van der Waals surface area contributed by atoms with Crippen LogP contribution in [0.4, 0.5) is 5.69 Å². The van der Waals surface area contributed by atoms with E-state index in [0.29, 0.717) is 12.2 Å². The first kappa shape index (κ1) is 21.7. The molecule has 0 radical (unpaired) electrons. The monoisotopic (exact) mass is 443 g/mol. The molecule has 5 heteroatoms. The van der Waals surface area contributed by atoms with Gasteiger partial charge in [0.2, 0.25) is 5.91 Å². The Morgan fingerprint density at radius 2 is 1.73 bits per heavy atom. The molecule has 3 aromatic rings. The van der Waals surface area contributed by atoms with E-state index in [9.17, 15) is 9.59 Å². The number of hydrogen-bond acceptors (Lipinski definition) is 2. The van der Waals surface area contributed by atoms with Crippen molar-refractivity contribution in [2.45, 2.75) is 76.9 Å². The normalized spacial score (nSPS) is 21.6. The molecule has 5 rings (SSSR count). The van der Waals surface area contributed by atoms with Crippen molar-refractivity contribution in [1.82, 2.24) is 9.88 Å². The fraction of sp³-hybridized carbons (Fsp3) is 0.429. The van der Waals surface area contributed by atoms with Gasteiger partial charge in [0, 0.05) is 22.6 Å². The highest BCUT2D eigenvalue weighted by atomic mass is 16.2. The van der Waals surface area contributed by atoms with Gasteiger partial charge in [-0.25, -0.2) is 0 Å². The fourth-order valence-corrected chi connectivity index (χ4v) is 5.50. The maximum atomic E-state index is 13.9. The average Bonchev–Trinajstić information content (AvgIpc) is 3.00. The number of anilines is 1. The van der Waals surface area contributed by atoms with Crippen LogP contribution in [-0.4, -0.2) is 28.0 Å². The molecule has 2 amide bonds. The molecule has 1 aromatic heterocycles. The van der Waals surface area contributed by atoms with Gasteiger partial charge in [-0.1, -0.05) is 62.9 Å². The Hall–Kier alpha value is -3.08. The van der Waals surface area contributed by atoms with E-state index in [1.54, 1.807) is 4.90 Å². The molecule has 1 aliphatic carbocycles. The molecule has 1 atom stereocenters. The van der Waals surface area contributed by atoms with Crippen molar-refractivity contribution in [3.8, 4) is 0 Å². The summed E-state index contributed by atoms with van der Waals surface area (Å²) >= 11 is 0. The van der Waals surface area contributed by atoms with Crippen LogP contribution in [0.15, 0.2) is 54.6 Å². The van der Waals surface area contributed by atoms with Crippen LogP contribution in [0.2, 0.25) is 0 Å². The van der Waals surface area contributed by atoms with Crippen molar-refractivity contribution >= 4 is 28.4 Å². The number of carbonyl (C=O) groups excluding carboxylic acids is 2. The summed E-state index contributed by atoms with van der Waals surface area (Å²) in [4.78, 5) is 29.6. The maximum absolute atomic E-state index is 13.9. The zero-order valence-electron chi connectivity index (χ0n) is 19.6. The molecule has 2 aliphatic rings. The highest BCUT2D eigenvalue weighted by Gasteiger charge is 2.49. The molecule has 1 fully saturated rings. The summed E-state index contributed by atoms with van der Waals surface area (Å²) in [5, 5.41) is 4.36. The largest absolute Gasteiger partial charge is 0.351 e. The van der Waals surface area contributed by atoms with Crippen molar-refractivity contribution in [3.05, 3.63) is 65.9 Å². The molecule has 1 aliphatic heterocycles. The van der Waals surface area contributed by atoms with Crippen LogP contribution in [0.5, 0.6) is 0 Å². The number of hydrogen-bond donors (Lipinski definition) is 1. The minimum atomic E-state index is -1.02. The fourth-order valence-electron chi connectivity index (χ4n) is 5.50. The van der Waals surface area contributed by atoms with Crippen molar-refractivity contribution in [3.63, 3.8) is 0 Å². The SMILES string of the molecule is CCc1ccc(N2C(=O)c3cc4ccccc4n3C[C@@]2(C)C(=O)NC2CCCCCC2)cc1. The molecule has 0 unspecified atom stereocenters. The van der Waals surface area contributed by atoms with Gasteiger partial charge in [-0.15, -0.1) is 0 Å². The molecule has 172 valence electrons. The van der Waals surface area contributed by atoms with E-state index in [4.69, 9.17) is 0 Å². The number of nitrogens with one attached hydrogen (secondary N) is 1.